The van der Waals surface area contributed by atoms with Crippen molar-refractivity contribution in [2.24, 2.45) is 0 Å². The molecular formula is C23H28BClN2O4. The molecule has 1 aliphatic rings. The van der Waals surface area contributed by atoms with E-state index in [4.69, 9.17) is 25.6 Å². The van der Waals surface area contributed by atoms with Gasteiger partial charge in [0, 0.05) is 12.7 Å². The maximum atomic E-state index is 12.3. The molecule has 1 aromatic carbocycles. The van der Waals surface area contributed by atoms with Gasteiger partial charge >= 0.3 is 13.2 Å². The Morgan fingerprint density at radius 1 is 1.19 bits per heavy atom. The predicted molar refractivity (Wildman–Crippen MR) is 123 cm³/mol. The van der Waals surface area contributed by atoms with Crippen LogP contribution in [0.25, 0.3) is 6.08 Å². The highest BCUT2D eigenvalue weighted by Gasteiger charge is 2.52. The highest BCUT2D eigenvalue weighted by molar-refractivity contribution is 6.56. The summed E-state index contributed by atoms with van der Waals surface area (Å²) >= 11 is 6.04. The van der Waals surface area contributed by atoms with E-state index in [2.05, 4.69) is 10.3 Å². The van der Waals surface area contributed by atoms with E-state index in [1.54, 1.807) is 6.20 Å². The number of nitrogens with one attached hydrogen (secondary N) is 1. The van der Waals surface area contributed by atoms with Gasteiger partial charge in [-0.25, -0.2) is 4.79 Å². The molecule has 8 heteroatoms. The van der Waals surface area contributed by atoms with Crippen molar-refractivity contribution < 1.29 is 18.8 Å². The molecule has 2 aromatic rings. The van der Waals surface area contributed by atoms with Crippen LogP contribution in [0.1, 0.15) is 44.5 Å². The molecule has 0 saturated carbocycles. The van der Waals surface area contributed by atoms with Gasteiger partial charge in [0.15, 0.2) is 0 Å². The third-order valence-corrected chi connectivity index (χ3v) is 5.82. The molecule has 1 amide bonds. The van der Waals surface area contributed by atoms with Crippen LogP contribution >= 0.6 is 11.6 Å². The van der Waals surface area contributed by atoms with Crippen LogP contribution in [-0.2, 0) is 20.7 Å². The van der Waals surface area contributed by atoms with Crippen LogP contribution in [0.2, 0.25) is 5.02 Å². The molecule has 3 rings (SSSR count). The lowest BCUT2D eigenvalue weighted by Gasteiger charge is -2.32. The summed E-state index contributed by atoms with van der Waals surface area (Å²) in [4.78, 5) is 16.7. The van der Waals surface area contributed by atoms with Gasteiger partial charge in [0.25, 0.3) is 0 Å². The van der Waals surface area contributed by atoms with Gasteiger partial charge in [0.1, 0.15) is 6.61 Å². The van der Waals surface area contributed by atoms with Crippen molar-refractivity contribution in [3.8, 4) is 0 Å². The number of hydrogen-bond donors (Lipinski definition) is 1. The average Bonchev–Trinajstić information content (AvgIpc) is 2.93. The number of amides is 1. The third-order valence-electron chi connectivity index (χ3n) is 5.61. The fourth-order valence-corrected chi connectivity index (χ4v) is 3.24. The number of ether oxygens (including phenoxy) is 1. The Kier molecular flexibility index (Phi) is 7.09. The Morgan fingerprint density at radius 3 is 2.45 bits per heavy atom. The molecule has 0 radical (unpaired) electrons. The molecular weight excluding hydrogens is 415 g/mol. The molecule has 1 aliphatic heterocycles. The van der Waals surface area contributed by atoms with Crippen LogP contribution in [0.3, 0.4) is 0 Å². The second kappa shape index (κ2) is 9.43. The van der Waals surface area contributed by atoms with Gasteiger partial charge < -0.3 is 19.4 Å². The molecule has 0 atom stereocenters. The number of benzene rings is 1. The second-order valence-corrected chi connectivity index (χ2v) is 9.01. The maximum Gasteiger partial charge on any atom is 0.492 e. The molecule has 1 saturated heterocycles. The molecule has 0 bridgehead atoms. The highest BCUT2D eigenvalue weighted by atomic mass is 35.5. The minimum absolute atomic E-state index is 0.189. The molecule has 6 nitrogen and oxygen atoms in total. The number of halogens is 1. The summed E-state index contributed by atoms with van der Waals surface area (Å²) in [5.74, 6) is 0. The van der Waals surface area contributed by atoms with Gasteiger partial charge in [-0.15, -0.1) is 0 Å². The van der Waals surface area contributed by atoms with E-state index in [1.807, 2.05) is 77.1 Å². The number of pyridine rings is 1. The zero-order chi connectivity index (χ0) is 22.6. The lowest BCUT2D eigenvalue weighted by atomic mass is 9.77. The molecule has 1 aromatic heterocycles. The van der Waals surface area contributed by atoms with Gasteiger partial charge in [-0.2, -0.15) is 0 Å². The SMILES string of the molecule is Cc1cc(Cl)cnc1C=C(CNC(=O)OCc1ccccc1)B1OC(C)(C)C(C)(C)O1. The Labute approximate surface area is 189 Å². The van der Waals surface area contributed by atoms with Crippen LogP contribution in [0.15, 0.2) is 48.1 Å². The quantitative estimate of drug-likeness (QED) is 0.639. The topological polar surface area (TPSA) is 69.7 Å². The molecule has 0 unspecified atom stereocenters. The van der Waals surface area contributed by atoms with Gasteiger partial charge in [0.05, 0.1) is 21.9 Å². The van der Waals surface area contributed by atoms with Crippen molar-refractivity contribution in [3.05, 3.63) is 69.9 Å². The number of carbonyl (C=O) groups excluding carboxylic acids is 1. The summed E-state index contributed by atoms with van der Waals surface area (Å²) < 4.78 is 17.7. The molecule has 1 fully saturated rings. The monoisotopic (exact) mass is 442 g/mol. The summed E-state index contributed by atoms with van der Waals surface area (Å²) in [6.45, 7) is 10.2. The van der Waals surface area contributed by atoms with Crippen LogP contribution in [0, 0.1) is 6.92 Å². The highest BCUT2D eigenvalue weighted by Crippen LogP contribution is 2.38. The lowest BCUT2D eigenvalue weighted by molar-refractivity contribution is 0.00578. The summed E-state index contributed by atoms with van der Waals surface area (Å²) in [7, 11) is -0.628. The first-order valence-electron chi connectivity index (χ1n) is 10.2. The number of nitrogens with zero attached hydrogens (tertiary/aromatic N) is 1. The average molecular weight is 443 g/mol. The number of rotatable bonds is 6. The lowest BCUT2D eigenvalue weighted by Crippen LogP contribution is -2.41. The number of alkyl carbamates (subject to hydrolysis) is 1. The van der Waals surface area contributed by atoms with Crippen molar-refractivity contribution >= 4 is 30.9 Å². The zero-order valence-corrected chi connectivity index (χ0v) is 19.3. The fourth-order valence-electron chi connectivity index (χ4n) is 3.02. The van der Waals surface area contributed by atoms with Crippen LogP contribution in [0.4, 0.5) is 4.79 Å². The first-order chi connectivity index (χ1) is 14.6. The molecule has 0 aliphatic carbocycles. The fraction of sp³-hybridized carbons (Fsp3) is 0.391. The van der Waals surface area contributed by atoms with Crippen molar-refractivity contribution in [1.82, 2.24) is 10.3 Å². The maximum absolute atomic E-state index is 12.3. The molecule has 0 spiro atoms. The minimum Gasteiger partial charge on any atom is -0.445 e. The van der Waals surface area contributed by atoms with Gasteiger partial charge in [-0.3, -0.25) is 4.98 Å². The van der Waals surface area contributed by atoms with Crippen LogP contribution < -0.4 is 5.32 Å². The summed E-state index contributed by atoms with van der Waals surface area (Å²) in [6, 6.07) is 11.4. The number of carbonyl (C=O) groups is 1. The number of aromatic nitrogens is 1. The van der Waals surface area contributed by atoms with Crippen molar-refractivity contribution in [2.45, 2.75) is 52.4 Å². The van der Waals surface area contributed by atoms with Gasteiger partial charge in [0.2, 0.25) is 0 Å². The predicted octanol–water partition coefficient (Wildman–Crippen LogP) is 4.98. The van der Waals surface area contributed by atoms with E-state index < -0.39 is 24.4 Å². The third kappa shape index (κ3) is 5.88. The number of aryl methyl sites for hydroxylation is 1. The van der Waals surface area contributed by atoms with Crippen LogP contribution in [0.5, 0.6) is 0 Å². The van der Waals surface area contributed by atoms with E-state index in [0.717, 1.165) is 22.3 Å². The Morgan fingerprint density at radius 2 is 1.84 bits per heavy atom. The van der Waals surface area contributed by atoms with Crippen molar-refractivity contribution in [1.29, 1.82) is 0 Å². The van der Waals surface area contributed by atoms with Gasteiger partial charge in [-0.05, 0) is 63.4 Å². The van der Waals surface area contributed by atoms with Crippen molar-refractivity contribution in [3.63, 3.8) is 0 Å². The summed E-state index contributed by atoms with van der Waals surface area (Å²) in [6.07, 6.45) is 2.93. The summed E-state index contributed by atoms with van der Waals surface area (Å²) in [5.41, 5.74) is 2.27. The molecule has 1 N–H and O–H groups in total. The molecule has 2 heterocycles. The van der Waals surface area contributed by atoms with Crippen molar-refractivity contribution in [2.75, 3.05) is 6.54 Å². The Hall–Kier alpha value is -2.35. The Bertz CT molecular complexity index is 947. The first kappa shape index (κ1) is 23.3. The van der Waals surface area contributed by atoms with E-state index in [9.17, 15) is 4.79 Å². The molecule has 31 heavy (non-hydrogen) atoms. The van der Waals surface area contributed by atoms with Gasteiger partial charge in [-0.1, -0.05) is 41.9 Å². The zero-order valence-electron chi connectivity index (χ0n) is 18.6. The largest absolute Gasteiger partial charge is 0.492 e. The second-order valence-electron chi connectivity index (χ2n) is 8.58. The molecule has 164 valence electrons. The first-order valence-corrected chi connectivity index (χ1v) is 10.6. The smallest absolute Gasteiger partial charge is 0.445 e. The number of hydrogen-bond acceptors (Lipinski definition) is 5. The standard InChI is InChI=1S/C23H28BClN2O4/c1-16-11-19(25)14-26-20(16)12-18(24-30-22(2,3)23(4,5)31-24)13-27-21(28)29-15-17-9-7-6-8-10-17/h6-12,14H,13,15H2,1-5H3,(H,27,28). The van der Waals surface area contributed by atoms with E-state index >= 15 is 0 Å². The summed E-state index contributed by atoms with van der Waals surface area (Å²) in [5, 5.41) is 3.36. The Balaban J connectivity index is 1.74. The van der Waals surface area contributed by atoms with Crippen LogP contribution in [-0.4, -0.2) is 35.9 Å². The normalized spacial score (nSPS) is 17.5. The minimum atomic E-state index is -0.628. The van der Waals surface area contributed by atoms with E-state index in [1.165, 1.54) is 0 Å². The van der Waals surface area contributed by atoms with E-state index in [-0.39, 0.29) is 13.2 Å². The van der Waals surface area contributed by atoms with E-state index in [0.29, 0.717) is 5.02 Å².